The Hall–Kier alpha value is -2.41. The van der Waals surface area contributed by atoms with Crippen molar-refractivity contribution in [1.29, 1.82) is 0 Å². The van der Waals surface area contributed by atoms with E-state index in [2.05, 4.69) is 0 Å². The minimum Gasteiger partial charge on any atom is -0.508 e. The summed E-state index contributed by atoms with van der Waals surface area (Å²) in [5.41, 5.74) is 5.88. The second-order valence-corrected chi connectivity index (χ2v) is 4.25. The van der Waals surface area contributed by atoms with Gasteiger partial charge in [-0.3, -0.25) is 14.4 Å². The molecule has 0 fully saturated rings. The Morgan fingerprint density at radius 3 is 2.25 bits per heavy atom. The molecular formula is C13H16N2O5. The number of carboxylic acid groups (broad SMARTS) is 1. The zero-order valence-corrected chi connectivity index (χ0v) is 10.9. The monoisotopic (exact) mass is 280 g/mol. The number of anilines is 1. The molecular weight excluding hydrogens is 264 g/mol. The van der Waals surface area contributed by atoms with Gasteiger partial charge in [0.25, 0.3) is 5.91 Å². The highest BCUT2D eigenvalue weighted by Gasteiger charge is 2.26. The van der Waals surface area contributed by atoms with Crippen molar-refractivity contribution in [2.45, 2.75) is 25.8 Å². The van der Waals surface area contributed by atoms with E-state index in [4.69, 9.17) is 10.8 Å². The fraction of sp³-hybridized carbons (Fsp3) is 0.308. The maximum Gasteiger partial charge on any atom is 0.303 e. The predicted octanol–water partition coefficient (Wildman–Crippen LogP) is 0.464. The Morgan fingerprint density at radius 2 is 1.80 bits per heavy atom. The molecule has 1 atom stereocenters. The first-order valence-electron chi connectivity index (χ1n) is 5.94. The number of phenols is 1. The number of amides is 2. The molecule has 0 bridgehead atoms. The van der Waals surface area contributed by atoms with Crippen LogP contribution in [0.15, 0.2) is 24.3 Å². The molecule has 20 heavy (non-hydrogen) atoms. The third kappa shape index (κ3) is 4.06. The van der Waals surface area contributed by atoms with Gasteiger partial charge in [0.1, 0.15) is 5.75 Å². The minimum atomic E-state index is -1.08. The lowest BCUT2D eigenvalue weighted by molar-refractivity contribution is -0.137. The Kier molecular flexibility index (Phi) is 5.22. The van der Waals surface area contributed by atoms with E-state index in [0.717, 1.165) is 4.90 Å². The third-order valence-corrected chi connectivity index (χ3v) is 2.63. The summed E-state index contributed by atoms with van der Waals surface area (Å²) in [6, 6.07) is 4.39. The molecule has 0 unspecified atom stereocenters. The van der Waals surface area contributed by atoms with Crippen LogP contribution in [0.1, 0.15) is 19.8 Å². The summed E-state index contributed by atoms with van der Waals surface area (Å²) < 4.78 is 0. The molecule has 0 radical (unpaired) electrons. The molecule has 0 saturated heterocycles. The summed E-state index contributed by atoms with van der Waals surface area (Å²) in [5, 5.41) is 17.8. The fourth-order valence-electron chi connectivity index (χ4n) is 1.63. The summed E-state index contributed by atoms with van der Waals surface area (Å²) in [7, 11) is 0. The number of carbonyl (C=O) groups excluding carboxylic acids is 2. The first kappa shape index (κ1) is 15.6. The average molecular weight is 280 g/mol. The van der Waals surface area contributed by atoms with E-state index in [1.807, 2.05) is 0 Å². The largest absolute Gasteiger partial charge is 0.508 e. The van der Waals surface area contributed by atoms with Gasteiger partial charge in [0.2, 0.25) is 5.91 Å². The molecule has 0 heterocycles. The van der Waals surface area contributed by atoms with Gasteiger partial charge in [-0.05, 0) is 30.7 Å². The van der Waals surface area contributed by atoms with Gasteiger partial charge < -0.3 is 15.9 Å². The highest BCUT2D eigenvalue weighted by molar-refractivity contribution is 6.15. The normalized spacial score (nSPS) is 11.7. The zero-order valence-electron chi connectivity index (χ0n) is 10.9. The van der Waals surface area contributed by atoms with E-state index in [1.54, 1.807) is 0 Å². The van der Waals surface area contributed by atoms with Gasteiger partial charge in [-0.1, -0.05) is 0 Å². The van der Waals surface area contributed by atoms with Crippen LogP contribution < -0.4 is 10.6 Å². The summed E-state index contributed by atoms with van der Waals surface area (Å²) >= 11 is 0. The summed E-state index contributed by atoms with van der Waals surface area (Å²) in [4.78, 5) is 35.0. The Morgan fingerprint density at radius 1 is 1.25 bits per heavy atom. The van der Waals surface area contributed by atoms with Crippen molar-refractivity contribution in [2.75, 3.05) is 4.90 Å². The van der Waals surface area contributed by atoms with Crippen LogP contribution in [-0.2, 0) is 14.4 Å². The summed E-state index contributed by atoms with van der Waals surface area (Å²) in [6.45, 7) is 1.20. The van der Waals surface area contributed by atoms with Crippen molar-refractivity contribution in [1.82, 2.24) is 0 Å². The van der Waals surface area contributed by atoms with Crippen molar-refractivity contribution in [2.24, 2.45) is 5.73 Å². The molecule has 108 valence electrons. The number of aromatic hydroxyl groups is 1. The highest BCUT2D eigenvalue weighted by atomic mass is 16.4. The van der Waals surface area contributed by atoms with Gasteiger partial charge in [0.15, 0.2) is 0 Å². The van der Waals surface area contributed by atoms with Gasteiger partial charge >= 0.3 is 5.97 Å². The van der Waals surface area contributed by atoms with Gasteiger partial charge in [-0.25, -0.2) is 4.90 Å². The van der Waals surface area contributed by atoms with E-state index in [0.29, 0.717) is 0 Å². The number of imide groups is 1. The van der Waals surface area contributed by atoms with Crippen LogP contribution in [0.5, 0.6) is 5.75 Å². The number of hydrogen-bond acceptors (Lipinski definition) is 5. The Labute approximate surface area is 115 Å². The van der Waals surface area contributed by atoms with Gasteiger partial charge in [0.05, 0.1) is 11.7 Å². The van der Waals surface area contributed by atoms with Crippen LogP contribution in [0.4, 0.5) is 5.69 Å². The average Bonchev–Trinajstić information content (AvgIpc) is 2.37. The molecule has 1 rings (SSSR count). The Bertz CT molecular complexity index is 512. The molecule has 4 N–H and O–H groups in total. The number of hydrogen-bond donors (Lipinski definition) is 3. The maximum atomic E-state index is 12.1. The molecule has 0 aliphatic carbocycles. The molecule has 0 spiro atoms. The summed E-state index contributed by atoms with van der Waals surface area (Å²) in [6.07, 6.45) is -0.315. The number of nitrogens with two attached hydrogens (primary N) is 1. The third-order valence-electron chi connectivity index (χ3n) is 2.63. The minimum absolute atomic E-state index is 0.000114. The maximum absolute atomic E-state index is 12.1. The first-order valence-corrected chi connectivity index (χ1v) is 5.94. The Balaban J connectivity index is 2.90. The lowest BCUT2D eigenvalue weighted by Gasteiger charge is -2.22. The smallest absolute Gasteiger partial charge is 0.303 e. The van der Waals surface area contributed by atoms with Crippen LogP contribution in [0.2, 0.25) is 0 Å². The van der Waals surface area contributed by atoms with Crippen LogP contribution in [-0.4, -0.2) is 34.0 Å². The van der Waals surface area contributed by atoms with E-state index in [1.165, 1.54) is 31.2 Å². The molecule has 2 amide bonds. The molecule has 7 heteroatoms. The number of rotatable bonds is 5. The van der Waals surface area contributed by atoms with Crippen LogP contribution in [0.3, 0.4) is 0 Å². The molecule has 0 aliphatic rings. The van der Waals surface area contributed by atoms with E-state index in [-0.39, 0.29) is 24.3 Å². The number of nitrogens with zero attached hydrogens (tertiary/aromatic N) is 1. The van der Waals surface area contributed by atoms with Crippen molar-refractivity contribution < 1.29 is 24.6 Å². The van der Waals surface area contributed by atoms with Crippen molar-refractivity contribution in [3.05, 3.63) is 24.3 Å². The number of benzene rings is 1. The first-order chi connectivity index (χ1) is 9.32. The van der Waals surface area contributed by atoms with Crippen LogP contribution in [0, 0.1) is 0 Å². The second-order valence-electron chi connectivity index (χ2n) is 4.25. The van der Waals surface area contributed by atoms with Crippen molar-refractivity contribution in [3.63, 3.8) is 0 Å². The van der Waals surface area contributed by atoms with E-state index >= 15 is 0 Å². The highest BCUT2D eigenvalue weighted by Crippen LogP contribution is 2.19. The van der Waals surface area contributed by atoms with Gasteiger partial charge in [-0.15, -0.1) is 0 Å². The SMILES string of the molecule is CC(=O)N(C(=O)[C@@H](N)CCC(=O)O)c1ccc(O)cc1. The van der Waals surface area contributed by atoms with Crippen molar-refractivity contribution >= 4 is 23.5 Å². The molecule has 1 aromatic rings. The lowest BCUT2D eigenvalue weighted by atomic mass is 10.1. The van der Waals surface area contributed by atoms with Crippen LogP contribution in [0.25, 0.3) is 0 Å². The van der Waals surface area contributed by atoms with E-state index in [9.17, 15) is 19.5 Å². The quantitative estimate of drug-likeness (QED) is 0.720. The molecule has 0 aromatic heterocycles. The number of carbonyl (C=O) groups is 3. The summed E-state index contributed by atoms with van der Waals surface area (Å²) in [5.74, 6) is -2.27. The number of aliphatic carboxylic acids is 1. The molecule has 0 aliphatic heterocycles. The predicted molar refractivity (Wildman–Crippen MR) is 71.1 cm³/mol. The lowest BCUT2D eigenvalue weighted by Crippen LogP contribution is -2.46. The fourth-order valence-corrected chi connectivity index (χ4v) is 1.63. The van der Waals surface area contributed by atoms with Crippen LogP contribution >= 0.6 is 0 Å². The zero-order chi connectivity index (χ0) is 15.3. The molecule has 0 saturated carbocycles. The second kappa shape index (κ2) is 6.67. The van der Waals surface area contributed by atoms with Gasteiger partial charge in [0, 0.05) is 13.3 Å². The topological polar surface area (TPSA) is 121 Å². The number of carboxylic acids is 1. The number of phenolic OH excluding ortho intramolecular Hbond substituents is 1. The van der Waals surface area contributed by atoms with Gasteiger partial charge in [-0.2, -0.15) is 0 Å². The van der Waals surface area contributed by atoms with E-state index < -0.39 is 23.8 Å². The molecule has 7 nitrogen and oxygen atoms in total. The standard InChI is InChI=1S/C13H16N2O5/c1-8(16)15(9-2-4-10(17)5-3-9)13(20)11(14)6-7-12(18)19/h2-5,11,17H,6-7,14H2,1H3,(H,18,19)/t11-/m0/s1. The molecule has 1 aromatic carbocycles. The van der Waals surface area contributed by atoms with Crippen molar-refractivity contribution in [3.8, 4) is 5.75 Å².